The predicted octanol–water partition coefficient (Wildman–Crippen LogP) is 7.73. The second-order valence-electron chi connectivity index (χ2n) is 15.8. The Morgan fingerprint density at radius 2 is 1.59 bits per heavy atom. The molecule has 9 heteroatoms. The first-order chi connectivity index (χ1) is 23.1. The number of pyridine rings is 1. The summed E-state index contributed by atoms with van der Waals surface area (Å²) in [6, 6.07) is 20.0. The summed E-state index contributed by atoms with van der Waals surface area (Å²) < 4.78 is 5.54. The van der Waals surface area contributed by atoms with Crippen molar-refractivity contribution < 1.29 is 24.2 Å². The van der Waals surface area contributed by atoms with Gasteiger partial charge in [0.05, 0.1) is 28.7 Å². The SMILES string of the molecule is CC(C)CC(=O)NC1CCC(CC(=O)Nc2cnc(-c3ccc(C4(NC(=O)OC(C)(C)C)CC(C)(O)C4)cc3)c(-c3ccccc3)c2)CC1. The van der Waals surface area contributed by atoms with Crippen LogP contribution in [-0.4, -0.2) is 45.2 Å². The van der Waals surface area contributed by atoms with Crippen LogP contribution < -0.4 is 16.0 Å². The fourth-order valence-electron chi connectivity index (χ4n) is 7.30. The molecule has 0 spiro atoms. The van der Waals surface area contributed by atoms with E-state index in [0.717, 1.165) is 53.6 Å². The van der Waals surface area contributed by atoms with Crippen molar-refractivity contribution >= 4 is 23.6 Å². The molecule has 0 radical (unpaired) electrons. The van der Waals surface area contributed by atoms with Gasteiger partial charge < -0.3 is 25.8 Å². The minimum Gasteiger partial charge on any atom is -0.444 e. The molecule has 0 saturated heterocycles. The van der Waals surface area contributed by atoms with E-state index >= 15 is 0 Å². The molecule has 0 unspecified atom stereocenters. The van der Waals surface area contributed by atoms with Crippen molar-refractivity contribution in [3.8, 4) is 22.4 Å². The number of carbonyl (C=O) groups is 3. The third-order valence-electron chi connectivity index (χ3n) is 9.35. The van der Waals surface area contributed by atoms with Crippen molar-refractivity contribution in [2.24, 2.45) is 11.8 Å². The van der Waals surface area contributed by atoms with Crippen molar-refractivity contribution in [2.75, 3.05) is 5.32 Å². The summed E-state index contributed by atoms with van der Waals surface area (Å²) in [7, 11) is 0. The van der Waals surface area contributed by atoms with Crippen LogP contribution in [0.3, 0.4) is 0 Å². The fourth-order valence-corrected chi connectivity index (χ4v) is 7.30. The molecule has 5 rings (SSSR count). The van der Waals surface area contributed by atoms with Gasteiger partial charge in [-0.2, -0.15) is 0 Å². The Bertz CT molecular complexity index is 1610. The van der Waals surface area contributed by atoms with E-state index in [4.69, 9.17) is 9.72 Å². The van der Waals surface area contributed by atoms with Gasteiger partial charge in [0.2, 0.25) is 11.8 Å². The molecule has 9 nitrogen and oxygen atoms in total. The zero-order chi connectivity index (χ0) is 35.4. The van der Waals surface area contributed by atoms with Crippen molar-refractivity contribution in [1.29, 1.82) is 0 Å². The number of nitrogens with one attached hydrogen (secondary N) is 3. The van der Waals surface area contributed by atoms with Gasteiger partial charge in [-0.05, 0) is 82.4 Å². The standard InChI is InChI=1S/C40H52N4O5/c1-26(2)20-34(45)42-31-18-12-27(13-19-31)21-35(46)43-32-22-33(28-10-8-7-9-11-28)36(41-23-32)29-14-16-30(17-15-29)40(24-39(6,48)25-40)44-37(47)49-38(3,4)5/h7-11,14-17,22-23,26-27,31,48H,12-13,18-21,24-25H2,1-6H3,(H,42,45)(H,43,46)(H,44,47). The topological polar surface area (TPSA) is 130 Å². The number of carbonyl (C=O) groups excluding carboxylic acids is 3. The molecule has 0 bridgehead atoms. The number of aromatic nitrogens is 1. The van der Waals surface area contributed by atoms with Crippen molar-refractivity contribution in [3.63, 3.8) is 0 Å². The van der Waals surface area contributed by atoms with Crippen LogP contribution in [0.5, 0.6) is 0 Å². The van der Waals surface area contributed by atoms with Crippen LogP contribution in [0.15, 0.2) is 66.9 Å². The summed E-state index contributed by atoms with van der Waals surface area (Å²) >= 11 is 0. The number of benzene rings is 2. The number of alkyl carbamates (subject to hydrolysis) is 1. The van der Waals surface area contributed by atoms with Crippen molar-refractivity contribution in [3.05, 3.63) is 72.4 Å². The number of amides is 3. The summed E-state index contributed by atoms with van der Waals surface area (Å²) in [5, 5.41) is 19.9. The zero-order valence-corrected chi connectivity index (χ0v) is 29.8. The van der Waals surface area contributed by atoms with Gasteiger partial charge in [0, 0.05) is 42.9 Å². The molecule has 3 aromatic rings. The van der Waals surface area contributed by atoms with Gasteiger partial charge in [0.1, 0.15) is 5.60 Å². The van der Waals surface area contributed by atoms with E-state index in [2.05, 4.69) is 16.0 Å². The first-order valence-corrected chi connectivity index (χ1v) is 17.6. The highest BCUT2D eigenvalue weighted by Crippen LogP contribution is 2.48. The second-order valence-corrected chi connectivity index (χ2v) is 15.8. The van der Waals surface area contributed by atoms with Crippen LogP contribution in [0.1, 0.15) is 98.5 Å². The summed E-state index contributed by atoms with van der Waals surface area (Å²) in [6.07, 6.45) is 6.52. The molecule has 4 N–H and O–H groups in total. The monoisotopic (exact) mass is 668 g/mol. The zero-order valence-electron chi connectivity index (χ0n) is 29.8. The summed E-state index contributed by atoms with van der Waals surface area (Å²) in [5.74, 6) is 0.698. The molecular formula is C40H52N4O5. The molecule has 0 aliphatic heterocycles. The Labute approximate surface area is 290 Å². The lowest BCUT2D eigenvalue weighted by Crippen LogP contribution is -2.62. The second kappa shape index (κ2) is 14.7. The maximum absolute atomic E-state index is 13.2. The molecule has 49 heavy (non-hydrogen) atoms. The van der Waals surface area contributed by atoms with E-state index in [1.807, 2.05) is 95.3 Å². The molecule has 2 aromatic carbocycles. The third-order valence-corrected chi connectivity index (χ3v) is 9.35. The number of rotatable bonds is 10. The Morgan fingerprint density at radius 1 is 0.939 bits per heavy atom. The molecule has 2 saturated carbocycles. The Hall–Kier alpha value is -4.24. The largest absolute Gasteiger partial charge is 0.444 e. The maximum Gasteiger partial charge on any atom is 0.408 e. The number of ether oxygens (including phenoxy) is 1. The average Bonchev–Trinajstić information content (AvgIpc) is 3.00. The predicted molar refractivity (Wildman–Crippen MR) is 193 cm³/mol. The lowest BCUT2D eigenvalue weighted by atomic mass is 9.62. The van der Waals surface area contributed by atoms with Gasteiger partial charge in [-0.25, -0.2) is 4.79 Å². The minimum atomic E-state index is -0.889. The van der Waals surface area contributed by atoms with E-state index < -0.39 is 22.8 Å². The number of hydrogen-bond acceptors (Lipinski definition) is 6. The first-order valence-electron chi connectivity index (χ1n) is 17.6. The highest BCUT2D eigenvalue weighted by molar-refractivity contribution is 5.93. The highest BCUT2D eigenvalue weighted by atomic mass is 16.6. The molecule has 2 fully saturated rings. The lowest BCUT2D eigenvalue weighted by molar-refractivity contribution is -0.123. The minimum absolute atomic E-state index is 0.0376. The van der Waals surface area contributed by atoms with Crippen LogP contribution in [0, 0.1) is 11.8 Å². The quantitative estimate of drug-likeness (QED) is 0.175. The Morgan fingerprint density at radius 3 is 2.18 bits per heavy atom. The molecule has 2 aliphatic rings. The summed E-state index contributed by atoms with van der Waals surface area (Å²) in [5.41, 5.74) is 2.76. The number of hydrogen-bond donors (Lipinski definition) is 4. The molecule has 1 aromatic heterocycles. The molecule has 262 valence electrons. The summed E-state index contributed by atoms with van der Waals surface area (Å²) in [6.45, 7) is 11.3. The van der Waals surface area contributed by atoms with Crippen LogP contribution in [0.25, 0.3) is 22.4 Å². The van der Waals surface area contributed by atoms with Gasteiger partial charge in [-0.15, -0.1) is 0 Å². The van der Waals surface area contributed by atoms with Crippen molar-refractivity contribution in [1.82, 2.24) is 15.6 Å². The van der Waals surface area contributed by atoms with Gasteiger partial charge in [0.25, 0.3) is 0 Å². The summed E-state index contributed by atoms with van der Waals surface area (Å²) in [4.78, 5) is 43.0. The molecule has 0 atom stereocenters. The number of anilines is 1. The van der Waals surface area contributed by atoms with Gasteiger partial charge >= 0.3 is 6.09 Å². The van der Waals surface area contributed by atoms with E-state index in [0.29, 0.717) is 37.3 Å². The van der Waals surface area contributed by atoms with Crippen LogP contribution in [0.4, 0.5) is 10.5 Å². The van der Waals surface area contributed by atoms with E-state index in [9.17, 15) is 19.5 Å². The van der Waals surface area contributed by atoms with Gasteiger partial charge in [-0.3, -0.25) is 14.6 Å². The van der Waals surface area contributed by atoms with Crippen LogP contribution in [-0.2, 0) is 19.9 Å². The molecule has 2 aliphatic carbocycles. The van der Waals surface area contributed by atoms with Crippen LogP contribution in [0.2, 0.25) is 0 Å². The number of nitrogens with zero attached hydrogens (tertiary/aromatic N) is 1. The van der Waals surface area contributed by atoms with Crippen molar-refractivity contribution in [2.45, 2.75) is 116 Å². The maximum atomic E-state index is 13.2. The number of aliphatic hydroxyl groups is 1. The lowest BCUT2D eigenvalue weighted by Gasteiger charge is -2.52. The first kappa shape index (κ1) is 36.1. The molecular weight excluding hydrogens is 616 g/mol. The van der Waals surface area contributed by atoms with E-state index in [1.165, 1.54) is 0 Å². The molecule has 3 amide bonds. The smallest absolute Gasteiger partial charge is 0.408 e. The van der Waals surface area contributed by atoms with Gasteiger partial charge in [0.15, 0.2) is 0 Å². The fraction of sp³-hybridized carbons (Fsp3) is 0.500. The third kappa shape index (κ3) is 9.69. The van der Waals surface area contributed by atoms with E-state index in [-0.39, 0.29) is 23.8 Å². The van der Waals surface area contributed by atoms with E-state index in [1.54, 1.807) is 13.1 Å². The molecule has 1 heterocycles. The Balaban J connectivity index is 1.29. The normalized spacial score (nSPS) is 23.7. The van der Waals surface area contributed by atoms with Gasteiger partial charge in [-0.1, -0.05) is 68.4 Å². The Kier molecular flexibility index (Phi) is 10.8. The van der Waals surface area contributed by atoms with Crippen LogP contribution >= 0.6 is 0 Å². The highest BCUT2D eigenvalue weighted by Gasteiger charge is 2.53. The average molecular weight is 669 g/mol.